The molecule has 0 radical (unpaired) electrons. The lowest BCUT2D eigenvalue weighted by atomic mass is 9.94. The molecule has 0 unspecified atom stereocenters. The lowest BCUT2D eigenvalue weighted by Gasteiger charge is -2.12. The molecule has 0 amide bonds. The van der Waals surface area contributed by atoms with Gasteiger partial charge in [-0.15, -0.1) is 5.10 Å². The molecule has 5 heteroatoms. The molecule has 0 aliphatic rings. The van der Waals surface area contributed by atoms with E-state index in [1.807, 2.05) is 0 Å². The Morgan fingerprint density at radius 3 is 2.71 bits per heavy atom. The van der Waals surface area contributed by atoms with E-state index in [4.69, 9.17) is 0 Å². The number of hydrogen-bond acceptors (Lipinski definition) is 3. The van der Waals surface area contributed by atoms with Gasteiger partial charge in [-0.2, -0.15) is 5.10 Å². The van der Waals surface area contributed by atoms with Crippen molar-refractivity contribution in [2.24, 2.45) is 0 Å². The van der Waals surface area contributed by atoms with Crippen molar-refractivity contribution in [3.8, 4) is 11.1 Å². The maximum absolute atomic E-state index is 14.1. The fraction of sp³-hybridized carbons (Fsp3) is 0.125. The van der Waals surface area contributed by atoms with Crippen LogP contribution in [0.25, 0.3) is 22.0 Å². The van der Waals surface area contributed by atoms with Crippen molar-refractivity contribution in [2.75, 3.05) is 6.61 Å². The summed E-state index contributed by atoms with van der Waals surface area (Å²) in [5, 5.41) is 17.3. The van der Waals surface area contributed by atoms with Gasteiger partial charge in [0.15, 0.2) is 0 Å². The zero-order chi connectivity index (χ0) is 14.8. The Kier molecular flexibility index (Phi) is 3.58. The highest BCUT2D eigenvalue weighted by atomic mass is 19.1. The first-order valence-corrected chi connectivity index (χ1v) is 6.50. The Hall–Kier alpha value is -2.40. The molecule has 1 aromatic heterocycles. The quantitative estimate of drug-likeness (QED) is 0.804. The molecule has 0 aliphatic carbocycles. The van der Waals surface area contributed by atoms with Crippen molar-refractivity contribution < 1.29 is 13.9 Å². The van der Waals surface area contributed by atoms with E-state index in [0.717, 1.165) is 0 Å². The molecule has 0 spiro atoms. The average Bonchev–Trinajstić information content (AvgIpc) is 2.48. The molecule has 0 aliphatic heterocycles. The minimum Gasteiger partial charge on any atom is -0.396 e. The molecule has 3 aromatic rings. The normalized spacial score (nSPS) is 11.0. The van der Waals surface area contributed by atoms with Crippen LogP contribution in [-0.2, 0) is 6.42 Å². The SMILES string of the molecule is OCCc1cc(F)c2ccnnc2c1-c1cccc(F)c1. The molecule has 106 valence electrons. The number of fused-ring (bicyclic) bond motifs is 1. The number of benzene rings is 2. The summed E-state index contributed by atoms with van der Waals surface area (Å²) in [6, 6.07) is 8.91. The van der Waals surface area contributed by atoms with Crippen LogP contribution >= 0.6 is 0 Å². The molecular formula is C16H12F2N2O. The summed E-state index contributed by atoms with van der Waals surface area (Å²) < 4.78 is 27.6. The van der Waals surface area contributed by atoms with Crippen molar-refractivity contribution in [1.82, 2.24) is 10.2 Å². The van der Waals surface area contributed by atoms with Crippen molar-refractivity contribution >= 4 is 10.9 Å². The Balaban J connectivity index is 2.37. The minimum atomic E-state index is -0.427. The van der Waals surface area contributed by atoms with E-state index in [-0.39, 0.29) is 18.8 Å². The zero-order valence-corrected chi connectivity index (χ0v) is 11.1. The van der Waals surface area contributed by atoms with Crippen molar-refractivity contribution in [2.45, 2.75) is 6.42 Å². The van der Waals surface area contributed by atoms with Gasteiger partial charge in [0.05, 0.1) is 6.20 Å². The molecular weight excluding hydrogens is 274 g/mol. The number of halogens is 2. The van der Waals surface area contributed by atoms with Gasteiger partial charge in [-0.1, -0.05) is 12.1 Å². The smallest absolute Gasteiger partial charge is 0.133 e. The standard InChI is InChI=1S/C16H12F2N2O/c17-12-3-1-2-10(8-12)15-11(5-7-21)9-14(18)13-4-6-19-20-16(13)15/h1-4,6,8-9,21H,5,7H2. The molecule has 2 aromatic carbocycles. The second-order valence-electron chi connectivity index (χ2n) is 4.67. The fourth-order valence-corrected chi connectivity index (χ4v) is 2.45. The zero-order valence-electron chi connectivity index (χ0n) is 11.1. The number of rotatable bonds is 3. The summed E-state index contributed by atoms with van der Waals surface area (Å²) in [5.74, 6) is -0.813. The van der Waals surface area contributed by atoms with E-state index in [1.54, 1.807) is 12.1 Å². The summed E-state index contributed by atoms with van der Waals surface area (Å²) in [6.45, 7) is -0.131. The van der Waals surface area contributed by atoms with Gasteiger partial charge < -0.3 is 5.11 Å². The topological polar surface area (TPSA) is 46.0 Å². The lowest BCUT2D eigenvalue weighted by Crippen LogP contribution is -2.00. The molecule has 0 bridgehead atoms. The van der Waals surface area contributed by atoms with Crippen LogP contribution in [0.15, 0.2) is 42.6 Å². The van der Waals surface area contributed by atoms with Gasteiger partial charge in [0, 0.05) is 17.6 Å². The third kappa shape index (κ3) is 2.48. The lowest BCUT2D eigenvalue weighted by molar-refractivity contribution is 0.299. The van der Waals surface area contributed by atoms with Crippen LogP contribution in [0.4, 0.5) is 8.78 Å². The predicted molar refractivity (Wildman–Crippen MR) is 75.7 cm³/mol. The maximum atomic E-state index is 14.1. The molecule has 0 fully saturated rings. The number of aliphatic hydroxyl groups is 1. The van der Waals surface area contributed by atoms with Crippen LogP contribution < -0.4 is 0 Å². The van der Waals surface area contributed by atoms with Crippen molar-refractivity contribution in [1.29, 1.82) is 0 Å². The summed E-state index contributed by atoms with van der Waals surface area (Å²) in [4.78, 5) is 0. The highest BCUT2D eigenvalue weighted by molar-refractivity contribution is 5.95. The summed E-state index contributed by atoms with van der Waals surface area (Å²) in [5.41, 5.74) is 2.14. The Morgan fingerprint density at radius 2 is 1.95 bits per heavy atom. The Bertz CT molecular complexity index is 805. The highest BCUT2D eigenvalue weighted by Crippen LogP contribution is 2.33. The number of hydrogen-bond donors (Lipinski definition) is 1. The summed E-state index contributed by atoms with van der Waals surface area (Å²) in [6.07, 6.45) is 1.67. The predicted octanol–water partition coefficient (Wildman–Crippen LogP) is 3.11. The fourth-order valence-electron chi connectivity index (χ4n) is 2.45. The molecule has 0 saturated heterocycles. The summed E-state index contributed by atoms with van der Waals surface area (Å²) >= 11 is 0. The molecule has 0 saturated carbocycles. The average molecular weight is 286 g/mol. The van der Waals surface area contributed by atoms with Gasteiger partial charge in [-0.05, 0) is 41.8 Å². The number of aliphatic hydroxyl groups excluding tert-OH is 1. The first kappa shape index (κ1) is 13.6. The monoisotopic (exact) mass is 286 g/mol. The highest BCUT2D eigenvalue weighted by Gasteiger charge is 2.15. The van der Waals surface area contributed by atoms with E-state index in [2.05, 4.69) is 10.2 Å². The van der Waals surface area contributed by atoms with Gasteiger partial charge in [0.2, 0.25) is 0 Å². The van der Waals surface area contributed by atoms with E-state index < -0.39 is 5.82 Å². The first-order chi connectivity index (χ1) is 10.2. The van der Waals surface area contributed by atoms with E-state index in [9.17, 15) is 13.9 Å². The van der Waals surface area contributed by atoms with Crippen molar-refractivity contribution in [3.05, 3.63) is 59.8 Å². The molecule has 3 nitrogen and oxygen atoms in total. The van der Waals surface area contributed by atoms with Crippen LogP contribution in [-0.4, -0.2) is 21.9 Å². The molecule has 1 N–H and O–H groups in total. The van der Waals surface area contributed by atoms with Gasteiger partial charge in [-0.3, -0.25) is 0 Å². The van der Waals surface area contributed by atoms with Crippen LogP contribution in [0.2, 0.25) is 0 Å². The third-order valence-corrected chi connectivity index (χ3v) is 3.33. The van der Waals surface area contributed by atoms with Gasteiger partial charge in [-0.25, -0.2) is 8.78 Å². The van der Waals surface area contributed by atoms with E-state index in [1.165, 1.54) is 30.5 Å². The van der Waals surface area contributed by atoms with E-state index in [0.29, 0.717) is 27.6 Å². The van der Waals surface area contributed by atoms with Crippen LogP contribution in [0.3, 0.4) is 0 Å². The molecule has 21 heavy (non-hydrogen) atoms. The van der Waals surface area contributed by atoms with Gasteiger partial charge in [0.1, 0.15) is 17.2 Å². The Morgan fingerprint density at radius 1 is 1.10 bits per heavy atom. The van der Waals surface area contributed by atoms with Gasteiger partial charge >= 0.3 is 0 Å². The Labute approximate surface area is 119 Å². The molecule has 0 atom stereocenters. The van der Waals surface area contributed by atoms with Gasteiger partial charge in [0.25, 0.3) is 0 Å². The second-order valence-corrected chi connectivity index (χ2v) is 4.67. The van der Waals surface area contributed by atoms with Crippen LogP contribution in [0, 0.1) is 11.6 Å². The minimum absolute atomic E-state index is 0.131. The number of aromatic nitrogens is 2. The first-order valence-electron chi connectivity index (χ1n) is 6.50. The third-order valence-electron chi connectivity index (χ3n) is 3.33. The summed E-state index contributed by atoms with van der Waals surface area (Å²) in [7, 11) is 0. The second kappa shape index (κ2) is 5.54. The largest absolute Gasteiger partial charge is 0.396 e. The van der Waals surface area contributed by atoms with Crippen LogP contribution in [0.1, 0.15) is 5.56 Å². The van der Waals surface area contributed by atoms with Crippen molar-refractivity contribution in [3.63, 3.8) is 0 Å². The number of nitrogens with zero attached hydrogens (tertiary/aromatic N) is 2. The molecule has 1 heterocycles. The maximum Gasteiger partial charge on any atom is 0.133 e. The van der Waals surface area contributed by atoms with Crippen LogP contribution in [0.5, 0.6) is 0 Å². The van der Waals surface area contributed by atoms with E-state index >= 15 is 0 Å². The molecule has 3 rings (SSSR count).